The number of hydrogen-bond donors (Lipinski definition) is 1. The number of carboxylic acids is 1. The maximum Gasteiger partial charge on any atom is 0.415 e. The van der Waals surface area contributed by atoms with E-state index in [9.17, 15) is 9.59 Å². The number of anilines is 1. The zero-order valence-electron chi connectivity index (χ0n) is 11.7. The molecule has 0 unspecified atom stereocenters. The zero-order valence-corrected chi connectivity index (χ0v) is 11.7. The lowest BCUT2D eigenvalue weighted by atomic mass is 10.2. The molecule has 0 spiro atoms. The first kappa shape index (κ1) is 14.1. The van der Waals surface area contributed by atoms with Gasteiger partial charge in [0.15, 0.2) is 5.69 Å². The van der Waals surface area contributed by atoms with E-state index in [0.29, 0.717) is 18.8 Å². The molecule has 6 heteroatoms. The van der Waals surface area contributed by atoms with Crippen molar-refractivity contribution in [2.24, 2.45) is 0 Å². The fourth-order valence-electron chi connectivity index (χ4n) is 2.34. The Morgan fingerprint density at radius 1 is 1.18 bits per heavy atom. The number of carbonyl (C=O) groups is 2. The Labute approximate surface area is 127 Å². The molecule has 112 valence electrons. The molecular weight excluding hydrogens is 284 g/mol. The number of pyridine rings is 1. The second-order valence-electron chi connectivity index (χ2n) is 4.93. The minimum absolute atomic E-state index is 0.0819. The molecule has 1 amide bonds. The highest BCUT2D eigenvalue weighted by atomic mass is 16.6. The normalized spacial score (nSPS) is 12.8. The Hall–Kier alpha value is -2.89. The number of carbonyl (C=O) groups excluding carboxylic acids is 1. The van der Waals surface area contributed by atoms with Crippen LogP contribution >= 0.6 is 0 Å². The maximum absolute atomic E-state index is 12.2. The molecule has 0 atom stereocenters. The summed E-state index contributed by atoms with van der Waals surface area (Å²) in [4.78, 5) is 28.6. The molecule has 1 N–H and O–H groups in total. The average molecular weight is 298 g/mol. The van der Waals surface area contributed by atoms with E-state index in [-0.39, 0.29) is 12.3 Å². The van der Waals surface area contributed by atoms with Gasteiger partial charge in [-0.1, -0.05) is 36.4 Å². The summed E-state index contributed by atoms with van der Waals surface area (Å²) in [6.07, 6.45) is 0.125. The molecule has 0 radical (unpaired) electrons. The number of benzene rings is 1. The molecule has 0 fully saturated rings. The summed E-state index contributed by atoms with van der Waals surface area (Å²) < 4.78 is 5.27. The number of rotatable bonds is 3. The molecule has 22 heavy (non-hydrogen) atoms. The lowest BCUT2D eigenvalue weighted by Gasteiger charge is -2.16. The van der Waals surface area contributed by atoms with Gasteiger partial charge in [0.1, 0.15) is 12.4 Å². The monoisotopic (exact) mass is 298 g/mol. The number of ether oxygens (including phenoxy) is 1. The largest absolute Gasteiger partial charge is 0.477 e. The molecule has 1 aliphatic rings. The standard InChI is InChI=1S/C16H14N2O4/c19-15(20)13-7-6-12-8-9-18(14(12)17-13)16(21)22-10-11-4-2-1-3-5-11/h1-7H,8-10H2,(H,19,20). The molecule has 6 nitrogen and oxygen atoms in total. The van der Waals surface area contributed by atoms with Crippen molar-refractivity contribution in [1.29, 1.82) is 0 Å². The van der Waals surface area contributed by atoms with Crippen molar-refractivity contribution in [3.63, 3.8) is 0 Å². The highest BCUT2D eigenvalue weighted by Gasteiger charge is 2.28. The van der Waals surface area contributed by atoms with Crippen LogP contribution in [0.5, 0.6) is 0 Å². The molecule has 1 aromatic carbocycles. The van der Waals surface area contributed by atoms with E-state index in [1.807, 2.05) is 30.3 Å². The van der Waals surface area contributed by atoms with Crippen LogP contribution in [0.25, 0.3) is 0 Å². The van der Waals surface area contributed by atoms with E-state index in [2.05, 4.69) is 4.98 Å². The Kier molecular flexibility index (Phi) is 3.74. The van der Waals surface area contributed by atoms with Gasteiger partial charge >= 0.3 is 12.1 Å². The van der Waals surface area contributed by atoms with E-state index in [1.165, 1.54) is 11.0 Å². The van der Waals surface area contributed by atoms with Crippen LogP contribution in [0.1, 0.15) is 21.6 Å². The summed E-state index contributed by atoms with van der Waals surface area (Å²) in [6, 6.07) is 12.5. The molecule has 3 rings (SSSR count). The maximum atomic E-state index is 12.2. The molecular formula is C16H14N2O4. The van der Waals surface area contributed by atoms with Crippen LogP contribution < -0.4 is 4.90 Å². The van der Waals surface area contributed by atoms with Crippen LogP contribution in [0.3, 0.4) is 0 Å². The van der Waals surface area contributed by atoms with Gasteiger partial charge in [0.25, 0.3) is 0 Å². The average Bonchev–Trinajstić information content (AvgIpc) is 2.96. The number of aromatic carboxylic acids is 1. The molecule has 0 aliphatic carbocycles. The van der Waals surface area contributed by atoms with Gasteiger partial charge in [0.2, 0.25) is 0 Å². The van der Waals surface area contributed by atoms with Crippen molar-refractivity contribution in [1.82, 2.24) is 4.98 Å². The van der Waals surface area contributed by atoms with Gasteiger partial charge in [0, 0.05) is 6.54 Å². The Morgan fingerprint density at radius 3 is 2.68 bits per heavy atom. The van der Waals surface area contributed by atoms with Crippen molar-refractivity contribution in [3.8, 4) is 0 Å². The number of amides is 1. The van der Waals surface area contributed by atoms with Gasteiger partial charge in [-0.15, -0.1) is 0 Å². The third-order valence-corrected chi connectivity index (χ3v) is 3.46. The molecule has 0 saturated heterocycles. The minimum Gasteiger partial charge on any atom is -0.477 e. The predicted molar refractivity (Wildman–Crippen MR) is 78.9 cm³/mol. The van der Waals surface area contributed by atoms with Gasteiger partial charge in [-0.05, 0) is 23.6 Å². The van der Waals surface area contributed by atoms with Crippen LogP contribution in [0.4, 0.5) is 10.6 Å². The SMILES string of the molecule is O=C(O)c1ccc2c(n1)N(C(=O)OCc1ccccc1)CC2. The van der Waals surface area contributed by atoms with Crippen molar-refractivity contribution < 1.29 is 19.4 Å². The summed E-state index contributed by atoms with van der Waals surface area (Å²) in [5.74, 6) is -0.745. The smallest absolute Gasteiger partial charge is 0.415 e. The molecule has 0 bridgehead atoms. The van der Waals surface area contributed by atoms with E-state index in [0.717, 1.165) is 11.1 Å². The Morgan fingerprint density at radius 2 is 1.95 bits per heavy atom. The van der Waals surface area contributed by atoms with Gasteiger partial charge in [-0.3, -0.25) is 4.90 Å². The van der Waals surface area contributed by atoms with Gasteiger partial charge in [-0.2, -0.15) is 0 Å². The van der Waals surface area contributed by atoms with Gasteiger partial charge in [0.05, 0.1) is 0 Å². The number of hydrogen-bond acceptors (Lipinski definition) is 4. The molecule has 1 aliphatic heterocycles. The van der Waals surface area contributed by atoms with E-state index in [4.69, 9.17) is 9.84 Å². The first-order chi connectivity index (χ1) is 10.6. The summed E-state index contributed by atoms with van der Waals surface area (Å²) in [5.41, 5.74) is 1.66. The second-order valence-corrected chi connectivity index (χ2v) is 4.93. The van der Waals surface area contributed by atoms with Crippen LogP contribution in [0, 0.1) is 0 Å². The summed E-state index contributed by atoms with van der Waals surface area (Å²) >= 11 is 0. The quantitative estimate of drug-likeness (QED) is 0.941. The topological polar surface area (TPSA) is 79.7 Å². The fourth-order valence-corrected chi connectivity index (χ4v) is 2.34. The van der Waals surface area contributed by atoms with Crippen molar-refractivity contribution in [2.75, 3.05) is 11.4 Å². The van der Waals surface area contributed by atoms with Crippen LogP contribution in [-0.2, 0) is 17.8 Å². The number of aromatic nitrogens is 1. The molecule has 2 heterocycles. The fraction of sp³-hybridized carbons (Fsp3) is 0.188. The third kappa shape index (κ3) is 2.76. The first-order valence-corrected chi connectivity index (χ1v) is 6.86. The van der Waals surface area contributed by atoms with Crippen molar-refractivity contribution in [2.45, 2.75) is 13.0 Å². The Bertz CT molecular complexity index is 715. The summed E-state index contributed by atoms with van der Waals surface area (Å²) in [7, 11) is 0. The minimum atomic E-state index is -1.12. The van der Waals surface area contributed by atoms with Crippen LogP contribution in [-0.4, -0.2) is 28.7 Å². The van der Waals surface area contributed by atoms with Gasteiger partial charge in [-0.25, -0.2) is 14.6 Å². The first-order valence-electron chi connectivity index (χ1n) is 6.86. The zero-order chi connectivity index (χ0) is 15.5. The van der Waals surface area contributed by atoms with Gasteiger partial charge < -0.3 is 9.84 Å². The van der Waals surface area contributed by atoms with Crippen molar-refractivity contribution in [3.05, 3.63) is 59.3 Å². The highest BCUT2D eigenvalue weighted by Crippen LogP contribution is 2.26. The van der Waals surface area contributed by atoms with Crippen LogP contribution in [0.15, 0.2) is 42.5 Å². The number of carboxylic acid groups (broad SMARTS) is 1. The molecule has 1 aromatic heterocycles. The second kappa shape index (κ2) is 5.85. The van der Waals surface area contributed by atoms with E-state index >= 15 is 0 Å². The van der Waals surface area contributed by atoms with E-state index < -0.39 is 12.1 Å². The van der Waals surface area contributed by atoms with E-state index in [1.54, 1.807) is 6.07 Å². The lowest BCUT2D eigenvalue weighted by molar-refractivity contribution is 0.0690. The number of nitrogens with zero attached hydrogens (tertiary/aromatic N) is 2. The lowest BCUT2D eigenvalue weighted by Crippen LogP contribution is -2.30. The van der Waals surface area contributed by atoms with Crippen molar-refractivity contribution >= 4 is 17.9 Å². The van der Waals surface area contributed by atoms with Crippen LogP contribution in [0.2, 0.25) is 0 Å². The Balaban J connectivity index is 1.73. The third-order valence-electron chi connectivity index (χ3n) is 3.46. The highest BCUT2D eigenvalue weighted by molar-refractivity contribution is 5.91. The predicted octanol–water partition coefficient (Wildman–Crippen LogP) is 2.48. The summed E-state index contributed by atoms with van der Waals surface area (Å²) in [6.45, 7) is 0.614. The number of fused-ring (bicyclic) bond motifs is 1. The summed E-state index contributed by atoms with van der Waals surface area (Å²) in [5, 5.41) is 9.00. The molecule has 0 saturated carbocycles. The molecule has 2 aromatic rings.